The number of rotatable bonds is 2. The van der Waals surface area contributed by atoms with E-state index in [1.54, 1.807) is 6.92 Å². The van der Waals surface area contributed by atoms with E-state index >= 15 is 0 Å². The van der Waals surface area contributed by atoms with Gasteiger partial charge in [-0.25, -0.2) is 0 Å². The van der Waals surface area contributed by atoms with Gasteiger partial charge in [-0.3, -0.25) is 10.1 Å². The van der Waals surface area contributed by atoms with Crippen molar-refractivity contribution >= 4 is 0 Å². The standard InChI is InChI=1S/C10H17NO2/c1-8-4-3-5-10(6-8)7-9(2)11(12)13/h7-8,10H,3-6H2,1-2H3. The molecule has 0 aromatic rings. The predicted molar refractivity (Wildman–Crippen MR) is 51.9 cm³/mol. The van der Waals surface area contributed by atoms with Crippen LogP contribution in [-0.2, 0) is 0 Å². The van der Waals surface area contributed by atoms with Crippen LogP contribution >= 0.6 is 0 Å². The first-order valence-corrected chi connectivity index (χ1v) is 4.92. The third kappa shape index (κ3) is 3.17. The summed E-state index contributed by atoms with van der Waals surface area (Å²) in [6.07, 6.45) is 6.56. The van der Waals surface area contributed by atoms with E-state index in [1.807, 2.05) is 6.08 Å². The molecule has 0 N–H and O–H groups in total. The van der Waals surface area contributed by atoms with Gasteiger partial charge in [-0.15, -0.1) is 0 Å². The van der Waals surface area contributed by atoms with Gasteiger partial charge in [0.05, 0.1) is 4.92 Å². The summed E-state index contributed by atoms with van der Waals surface area (Å²) in [6, 6.07) is 0. The fourth-order valence-electron chi connectivity index (χ4n) is 2.03. The number of nitro groups is 1. The molecule has 0 aromatic heterocycles. The molecule has 0 aliphatic heterocycles. The summed E-state index contributed by atoms with van der Waals surface area (Å²) in [5.41, 5.74) is 0.305. The van der Waals surface area contributed by atoms with Crippen molar-refractivity contribution in [2.75, 3.05) is 0 Å². The Morgan fingerprint density at radius 1 is 1.54 bits per heavy atom. The fraction of sp³-hybridized carbons (Fsp3) is 0.800. The Hall–Kier alpha value is -0.860. The third-order valence-electron chi connectivity index (χ3n) is 2.74. The zero-order valence-electron chi connectivity index (χ0n) is 8.32. The largest absolute Gasteiger partial charge is 0.259 e. The van der Waals surface area contributed by atoms with Crippen LogP contribution in [0.3, 0.4) is 0 Å². The molecule has 2 unspecified atom stereocenters. The summed E-state index contributed by atoms with van der Waals surface area (Å²) in [6.45, 7) is 3.81. The fourth-order valence-corrected chi connectivity index (χ4v) is 2.03. The first kappa shape index (κ1) is 10.2. The van der Waals surface area contributed by atoms with E-state index in [0.29, 0.717) is 11.6 Å². The molecule has 13 heavy (non-hydrogen) atoms. The zero-order chi connectivity index (χ0) is 9.84. The van der Waals surface area contributed by atoms with Crippen LogP contribution in [0.5, 0.6) is 0 Å². The van der Waals surface area contributed by atoms with Gasteiger partial charge >= 0.3 is 0 Å². The SMILES string of the molecule is CC(=CC1CCCC(C)C1)[N+](=O)[O-]. The van der Waals surface area contributed by atoms with Crippen LogP contribution in [0.25, 0.3) is 0 Å². The molecule has 0 bridgehead atoms. The van der Waals surface area contributed by atoms with Crippen LogP contribution in [0.4, 0.5) is 0 Å². The molecule has 0 radical (unpaired) electrons. The van der Waals surface area contributed by atoms with Crippen molar-refractivity contribution in [3.8, 4) is 0 Å². The molecule has 1 fully saturated rings. The Kier molecular flexibility index (Phi) is 3.46. The van der Waals surface area contributed by atoms with Gasteiger partial charge in [0.25, 0.3) is 0 Å². The molecule has 0 aromatic carbocycles. The Morgan fingerprint density at radius 2 is 2.23 bits per heavy atom. The average Bonchev–Trinajstić information content (AvgIpc) is 2.04. The summed E-state index contributed by atoms with van der Waals surface area (Å²) in [7, 11) is 0. The second-order valence-electron chi connectivity index (χ2n) is 4.10. The highest BCUT2D eigenvalue weighted by Gasteiger charge is 2.18. The van der Waals surface area contributed by atoms with E-state index in [2.05, 4.69) is 6.92 Å². The minimum absolute atomic E-state index is 0.292. The van der Waals surface area contributed by atoms with Crippen LogP contribution in [0.1, 0.15) is 39.5 Å². The maximum Gasteiger partial charge on any atom is 0.239 e. The van der Waals surface area contributed by atoms with Crippen LogP contribution in [0.2, 0.25) is 0 Å². The van der Waals surface area contributed by atoms with E-state index in [9.17, 15) is 10.1 Å². The highest BCUT2D eigenvalue weighted by atomic mass is 16.6. The Labute approximate surface area is 79.0 Å². The van der Waals surface area contributed by atoms with Crippen molar-refractivity contribution in [3.63, 3.8) is 0 Å². The quantitative estimate of drug-likeness (QED) is 0.488. The predicted octanol–water partition coefficient (Wildman–Crippen LogP) is 2.99. The minimum Gasteiger partial charge on any atom is -0.259 e. The molecular weight excluding hydrogens is 166 g/mol. The van der Waals surface area contributed by atoms with Crippen LogP contribution in [0.15, 0.2) is 11.8 Å². The summed E-state index contributed by atoms with van der Waals surface area (Å²) in [4.78, 5) is 10.1. The molecule has 74 valence electrons. The number of hydrogen-bond donors (Lipinski definition) is 0. The molecule has 1 aliphatic carbocycles. The van der Waals surface area contributed by atoms with E-state index in [-0.39, 0.29) is 4.92 Å². The topological polar surface area (TPSA) is 43.1 Å². The molecule has 1 saturated carbocycles. The minimum atomic E-state index is -0.292. The van der Waals surface area contributed by atoms with Crippen molar-refractivity contribution < 1.29 is 4.92 Å². The van der Waals surface area contributed by atoms with Crippen molar-refractivity contribution in [2.45, 2.75) is 39.5 Å². The second-order valence-corrected chi connectivity index (χ2v) is 4.10. The van der Waals surface area contributed by atoms with E-state index < -0.39 is 0 Å². The van der Waals surface area contributed by atoms with Crippen molar-refractivity contribution in [1.29, 1.82) is 0 Å². The molecule has 1 rings (SSSR count). The van der Waals surface area contributed by atoms with Crippen LogP contribution in [0, 0.1) is 22.0 Å². The number of allylic oxidation sites excluding steroid dienone is 2. The van der Waals surface area contributed by atoms with Crippen molar-refractivity contribution in [3.05, 3.63) is 21.9 Å². The Balaban J connectivity index is 2.52. The summed E-state index contributed by atoms with van der Waals surface area (Å²) in [5.74, 6) is 1.17. The summed E-state index contributed by atoms with van der Waals surface area (Å²) < 4.78 is 0. The molecule has 1 aliphatic rings. The molecule has 3 heteroatoms. The summed E-state index contributed by atoms with van der Waals surface area (Å²) in [5, 5.41) is 10.4. The first-order valence-electron chi connectivity index (χ1n) is 4.92. The average molecular weight is 183 g/mol. The highest BCUT2D eigenvalue weighted by Crippen LogP contribution is 2.29. The number of nitrogens with zero attached hydrogens (tertiary/aromatic N) is 1. The Bertz CT molecular complexity index is 223. The smallest absolute Gasteiger partial charge is 0.239 e. The first-order chi connectivity index (χ1) is 6.09. The maximum atomic E-state index is 10.4. The molecular formula is C10H17NO2. The molecule has 3 nitrogen and oxygen atoms in total. The van der Waals surface area contributed by atoms with Crippen molar-refractivity contribution in [1.82, 2.24) is 0 Å². The van der Waals surface area contributed by atoms with Gasteiger partial charge in [0, 0.05) is 6.92 Å². The molecule has 2 atom stereocenters. The maximum absolute atomic E-state index is 10.4. The summed E-state index contributed by atoms with van der Waals surface area (Å²) >= 11 is 0. The van der Waals surface area contributed by atoms with Gasteiger partial charge in [-0.05, 0) is 30.8 Å². The highest BCUT2D eigenvalue weighted by molar-refractivity contribution is 4.94. The van der Waals surface area contributed by atoms with Gasteiger partial charge in [0.2, 0.25) is 5.70 Å². The second kappa shape index (κ2) is 4.40. The number of hydrogen-bond acceptors (Lipinski definition) is 2. The van der Waals surface area contributed by atoms with Crippen molar-refractivity contribution in [2.24, 2.45) is 11.8 Å². The van der Waals surface area contributed by atoms with Gasteiger partial charge in [-0.1, -0.05) is 19.8 Å². The van der Waals surface area contributed by atoms with E-state index in [4.69, 9.17) is 0 Å². The van der Waals surface area contributed by atoms with Gasteiger partial charge in [-0.2, -0.15) is 0 Å². The third-order valence-corrected chi connectivity index (χ3v) is 2.74. The van der Waals surface area contributed by atoms with Gasteiger partial charge in [0.1, 0.15) is 0 Å². The van der Waals surface area contributed by atoms with Gasteiger partial charge < -0.3 is 0 Å². The van der Waals surface area contributed by atoms with Crippen LogP contribution < -0.4 is 0 Å². The van der Waals surface area contributed by atoms with Gasteiger partial charge in [0.15, 0.2) is 0 Å². The Morgan fingerprint density at radius 3 is 2.77 bits per heavy atom. The lowest BCUT2D eigenvalue weighted by molar-refractivity contribution is -0.424. The lowest BCUT2D eigenvalue weighted by atomic mass is 9.82. The normalized spacial score (nSPS) is 30.2. The van der Waals surface area contributed by atoms with E-state index in [1.165, 1.54) is 12.8 Å². The van der Waals surface area contributed by atoms with E-state index in [0.717, 1.165) is 18.8 Å². The molecule has 0 heterocycles. The molecule has 0 spiro atoms. The lowest BCUT2D eigenvalue weighted by Crippen LogP contribution is -2.12. The zero-order valence-corrected chi connectivity index (χ0v) is 8.32. The molecule has 0 amide bonds. The monoisotopic (exact) mass is 183 g/mol. The van der Waals surface area contributed by atoms with Crippen LogP contribution in [-0.4, -0.2) is 4.92 Å². The lowest BCUT2D eigenvalue weighted by Gasteiger charge is -2.23. The molecule has 0 saturated heterocycles.